The largest absolute Gasteiger partial charge is 0.492 e. The fourth-order valence-corrected chi connectivity index (χ4v) is 3.62. The molecule has 1 aliphatic heterocycles. The first-order chi connectivity index (χ1) is 9.58. The molecule has 1 aromatic rings. The molecule has 0 bridgehead atoms. The zero-order valence-corrected chi connectivity index (χ0v) is 13.7. The van der Waals surface area contributed by atoms with Gasteiger partial charge in [-0.3, -0.25) is 4.90 Å². The predicted molar refractivity (Wildman–Crippen MR) is 90.8 cm³/mol. The van der Waals surface area contributed by atoms with Crippen LogP contribution < -0.4 is 10.5 Å². The topological polar surface area (TPSA) is 38.5 Å². The quantitative estimate of drug-likeness (QED) is 0.846. The van der Waals surface area contributed by atoms with Crippen molar-refractivity contribution in [2.75, 3.05) is 25.4 Å². The van der Waals surface area contributed by atoms with E-state index in [9.17, 15) is 0 Å². The average molecular weight is 310 g/mol. The van der Waals surface area contributed by atoms with E-state index in [1.165, 1.54) is 5.75 Å². The molecule has 5 heteroatoms. The molecule has 20 heavy (non-hydrogen) atoms. The van der Waals surface area contributed by atoms with Gasteiger partial charge in [-0.05, 0) is 19.1 Å². The van der Waals surface area contributed by atoms with Gasteiger partial charge in [-0.2, -0.15) is 11.8 Å². The van der Waals surface area contributed by atoms with E-state index in [1.807, 2.05) is 24.3 Å². The molecule has 0 spiro atoms. The minimum atomic E-state index is 0.408. The molecule has 1 heterocycles. The van der Waals surface area contributed by atoms with Gasteiger partial charge in [0.1, 0.15) is 17.3 Å². The van der Waals surface area contributed by atoms with Crippen molar-refractivity contribution in [3.05, 3.63) is 29.8 Å². The number of thioether (sulfide) groups is 1. The maximum atomic E-state index is 5.82. The van der Waals surface area contributed by atoms with Crippen LogP contribution in [0.4, 0.5) is 0 Å². The highest BCUT2D eigenvalue weighted by molar-refractivity contribution is 8.00. The molecule has 0 radical (unpaired) electrons. The fraction of sp³-hybridized carbons (Fsp3) is 0.533. The van der Waals surface area contributed by atoms with Crippen LogP contribution in [0.2, 0.25) is 0 Å². The van der Waals surface area contributed by atoms with E-state index >= 15 is 0 Å². The minimum Gasteiger partial charge on any atom is -0.492 e. The van der Waals surface area contributed by atoms with E-state index in [1.54, 1.807) is 0 Å². The van der Waals surface area contributed by atoms with E-state index in [2.05, 4.69) is 30.5 Å². The molecule has 0 aliphatic carbocycles. The summed E-state index contributed by atoms with van der Waals surface area (Å²) in [4.78, 5) is 2.91. The Bertz CT molecular complexity index is 467. The van der Waals surface area contributed by atoms with E-state index in [0.29, 0.717) is 22.9 Å². The van der Waals surface area contributed by atoms with Gasteiger partial charge in [-0.25, -0.2) is 0 Å². The summed E-state index contributed by atoms with van der Waals surface area (Å²) in [7, 11) is 0. The van der Waals surface area contributed by atoms with E-state index in [0.717, 1.165) is 24.4 Å². The summed E-state index contributed by atoms with van der Waals surface area (Å²) in [6.45, 7) is 7.40. The molecule has 0 amide bonds. The molecule has 3 nitrogen and oxygen atoms in total. The van der Waals surface area contributed by atoms with Gasteiger partial charge in [0.05, 0.1) is 0 Å². The van der Waals surface area contributed by atoms with Gasteiger partial charge in [0.25, 0.3) is 0 Å². The molecule has 2 rings (SSSR count). The van der Waals surface area contributed by atoms with Crippen LogP contribution in [-0.2, 0) is 0 Å². The molecule has 1 saturated heterocycles. The molecule has 1 aromatic carbocycles. The van der Waals surface area contributed by atoms with Crippen LogP contribution in [0.25, 0.3) is 0 Å². The first-order valence-electron chi connectivity index (χ1n) is 6.96. The van der Waals surface area contributed by atoms with Crippen LogP contribution in [0.3, 0.4) is 0 Å². The van der Waals surface area contributed by atoms with Crippen LogP contribution in [-0.4, -0.2) is 46.6 Å². The summed E-state index contributed by atoms with van der Waals surface area (Å²) in [5.74, 6) is 2.05. The Labute approximate surface area is 130 Å². The Hall–Kier alpha value is -0.780. The van der Waals surface area contributed by atoms with E-state index < -0.39 is 0 Å². The summed E-state index contributed by atoms with van der Waals surface area (Å²) in [5.41, 5.74) is 6.48. The Morgan fingerprint density at radius 2 is 2.30 bits per heavy atom. The third kappa shape index (κ3) is 4.11. The molecule has 0 aromatic heterocycles. The molecule has 2 atom stereocenters. The highest BCUT2D eigenvalue weighted by atomic mass is 32.2. The molecule has 2 unspecified atom stereocenters. The van der Waals surface area contributed by atoms with Gasteiger partial charge < -0.3 is 10.5 Å². The fourth-order valence-electron chi connectivity index (χ4n) is 2.33. The second-order valence-corrected chi connectivity index (χ2v) is 7.02. The molecule has 1 aliphatic rings. The van der Waals surface area contributed by atoms with E-state index in [-0.39, 0.29) is 0 Å². The zero-order chi connectivity index (χ0) is 14.5. The molecular weight excluding hydrogens is 288 g/mol. The van der Waals surface area contributed by atoms with Crippen LogP contribution in [0.5, 0.6) is 5.75 Å². The van der Waals surface area contributed by atoms with Crippen molar-refractivity contribution in [2.45, 2.75) is 25.1 Å². The van der Waals surface area contributed by atoms with Crippen LogP contribution in [0.15, 0.2) is 24.3 Å². The van der Waals surface area contributed by atoms with Crippen LogP contribution >= 0.6 is 24.0 Å². The second kappa shape index (κ2) is 7.29. The Balaban J connectivity index is 1.83. The lowest BCUT2D eigenvalue weighted by Gasteiger charge is -2.37. The number of rotatable bonds is 5. The van der Waals surface area contributed by atoms with Crippen molar-refractivity contribution in [1.29, 1.82) is 0 Å². The summed E-state index contributed by atoms with van der Waals surface area (Å²) in [6.07, 6.45) is 0. The summed E-state index contributed by atoms with van der Waals surface area (Å²) in [5, 5.41) is 0.696. The van der Waals surface area contributed by atoms with Crippen molar-refractivity contribution >= 4 is 29.0 Å². The van der Waals surface area contributed by atoms with Crippen molar-refractivity contribution < 1.29 is 4.74 Å². The minimum absolute atomic E-state index is 0.408. The lowest BCUT2D eigenvalue weighted by Crippen LogP contribution is -2.46. The summed E-state index contributed by atoms with van der Waals surface area (Å²) in [6, 6.07) is 8.29. The number of hydrogen-bond donors (Lipinski definition) is 1. The van der Waals surface area contributed by atoms with Gasteiger partial charge in [-0.1, -0.05) is 31.3 Å². The number of thiocarbonyl (C=S) groups is 1. The standard InChI is InChI=1S/C15H22N2OS2/c1-11-12(2)20-9-7-17(11)6-8-18-14-5-3-4-13(10-14)15(16)19/h3-5,10-12H,6-9H2,1-2H3,(H2,16,19). The highest BCUT2D eigenvalue weighted by Crippen LogP contribution is 2.23. The number of ether oxygens (including phenoxy) is 1. The van der Waals surface area contributed by atoms with Crippen molar-refractivity contribution in [1.82, 2.24) is 4.90 Å². The highest BCUT2D eigenvalue weighted by Gasteiger charge is 2.24. The van der Waals surface area contributed by atoms with Crippen LogP contribution in [0, 0.1) is 0 Å². The second-order valence-electron chi connectivity index (χ2n) is 5.09. The molecule has 110 valence electrons. The van der Waals surface area contributed by atoms with Gasteiger partial charge in [0.15, 0.2) is 0 Å². The van der Waals surface area contributed by atoms with Crippen LogP contribution in [0.1, 0.15) is 19.4 Å². The predicted octanol–water partition coefficient (Wildman–Crippen LogP) is 2.53. The Morgan fingerprint density at radius 1 is 1.50 bits per heavy atom. The lowest BCUT2D eigenvalue weighted by molar-refractivity contribution is 0.170. The first kappa shape index (κ1) is 15.6. The van der Waals surface area contributed by atoms with E-state index in [4.69, 9.17) is 22.7 Å². The maximum absolute atomic E-state index is 5.82. The Kier molecular flexibility index (Phi) is 5.69. The van der Waals surface area contributed by atoms with Crippen molar-refractivity contribution in [3.8, 4) is 5.75 Å². The number of nitrogens with zero attached hydrogens (tertiary/aromatic N) is 1. The van der Waals surface area contributed by atoms with Gasteiger partial charge >= 0.3 is 0 Å². The van der Waals surface area contributed by atoms with Gasteiger partial charge in [0, 0.05) is 35.7 Å². The van der Waals surface area contributed by atoms with Gasteiger partial charge in [-0.15, -0.1) is 0 Å². The maximum Gasteiger partial charge on any atom is 0.120 e. The van der Waals surface area contributed by atoms with Gasteiger partial charge in [0.2, 0.25) is 0 Å². The third-order valence-electron chi connectivity index (χ3n) is 3.78. The monoisotopic (exact) mass is 310 g/mol. The zero-order valence-electron chi connectivity index (χ0n) is 12.0. The lowest BCUT2D eigenvalue weighted by atomic mass is 10.2. The number of hydrogen-bond acceptors (Lipinski definition) is 4. The average Bonchev–Trinajstić information content (AvgIpc) is 2.44. The first-order valence-corrected chi connectivity index (χ1v) is 8.42. The molecule has 2 N–H and O–H groups in total. The number of nitrogens with two attached hydrogens (primary N) is 1. The molecular formula is C15H22N2OS2. The van der Waals surface area contributed by atoms with Crippen molar-refractivity contribution in [2.24, 2.45) is 5.73 Å². The summed E-state index contributed by atoms with van der Waals surface area (Å²) >= 11 is 7.03. The summed E-state index contributed by atoms with van der Waals surface area (Å²) < 4.78 is 5.82. The molecule has 1 fully saturated rings. The smallest absolute Gasteiger partial charge is 0.120 e. The van der Waals surface area contributed by atoms with Crippen molar-refractivity contribution in [3.63, 3.8) is 0 Å². The Morgan fingerprint density at radius 3 is 3.05 bits per heavy atom. The molecule has 0 saturated carbocycles. The SMILES string of the molecule is CC1SCCN(CCOc2cccc(C(N)=S)c2)C1C. The normalized spacial score (nSPS) is 23.5. The third-order valence-corrected chi connectivity index (χ3v) is 5.35. The number of benzene rings is 1.